The molecular formula is C25H39NaO5. The zero-order chi connectivity index (χ0) is 22.1. The first-order valence-corrected chi connectivity index (χ1v) is 11.6. The average Bonchev–Trinajstić information content (AvgIpc) is 2.66. The number of aliphatic hydroxyl groups excluding tert-OH is 1. The molecule has 0 aromatic heterocycles. The van der Waals surface area contributed by atoms with Gasteiger partial charge in [-0.1, -0.05) is 39.0 Å². The Kier molecular flexibility index (Phi) is 9.45. The fraction of sp³-hybridized carbons (Fsp3) is 0.760. The van der Waals surface area contributed by atoms with Crippen LogP contribution in [0, 0.1) is 29.1 Å². The summed E-state index contributed by atoms with van der Waals surface area (Å²) in [5.41, 5.74) is 0.785. The van der Waals surface area contributed by atoms with E-state index in [1.165, 1.54) is 5.57 Å². The Morgan fingerprint density at radius 2 is 1.97 bits per heavy atom. The molecule has 31 heavy (non-hydrogen) atoms. The van der Waals surface area contributed by atoms with Crippen LogP contribution in [-0.4, -0.2) is 64.9 Å². The molecule has 6 heteroatoms. The van der Waals surface area contributed by atoms with Crippen LogP contribution >= 0.6 is 0 Å². The third-order valence-electron chi connectivity index (χ3n) is 7.35. The van der Waals surface area contributed by atoms with Crippen LogP contribution in [0.15, 0.2) is 23.8 Å². The van der Waals surface area contributed by atoms with Crippen molar-refractivity contribution in [1.82, 2.24) is 0 Å². The zero-order valence-electron chi connectivity index (χ0n) is 19.1. The molecule has 0 unspecified atom stereocenters. The number of hydrogen-bond acceptors (Lipinski definition) is 5. The normalized spacial score (nSPS) is 35.4. The number of ether oxygens (including phenoxy) is 2. The molecule has 170 valence electrons. The molecule has 3 aliphatic rings. The number of allylic oxidation sites excluding steroid dienone is 3. The van der Waals surface area contributed by atoms with Gasteiger partial charge >= 0.3 is 41.5 Å². The number of rotatable bonds is 6. The van der Waals surface area contributed by atoms with E-state index < -0.39 is 11.5 Å². The molecular weight excluding hydrogens is 403 g/mol. The van der Waals surface area contributed by atoms with Crippen molar-refractivity contribution >= 4 is 41.5 Å². The van der Waals surface area contributed by atoms with Gasteiger partial charge in [0.05, 0.1) is 17.9 Å². The first-order valence-electron chi connectivity index (χ1n) is 11.6. The Labute approximate surface area is 209 Å². The number of esters is 2. The van der Waals surface area contributed by atoms with Crippen LogP contribution in [0.4, 0.5) is 0 Å². The summed E-state index contributed by atoms with van der Waals surface area (Å²) < 4.78 is 11.6. The van der Waals surface area contributed by atoms with Crippen molar-refractivity contribution in [2.45, 2.75) is 91.5 Å². The third-order valence-corrected chi connectivity index (χ3v) is 7.35. The van der Waals surface area contributed by atoms with Crippen molar-refractivity contribution in [3.05, 3.63) is 23.8 Å². The molecule has 1 fully saturated rings. The van der Waals surface area contributed by atoms with E-state index in [-0.39, 0.29) is 66.0 Å². The van der Waals surface area contributed by atoms with Crippen LogP contribution in [0.5, 0.6) is 0 Å². The number of carbonyl (C=O) groups is 2. The first kappa shape index (κ1) is 26.6. The van der Waals surface area contributed by atoms with Crippen molar-refractivity contribution in [3.63, 3.8) is 0 Å². The number of fused-ring (bicyclic) bond motifs is 1. The summed E-state index contributed by atoms with van der Waals surface area (Å²) in [5.74, 6) is 0.776. The van der Waals surface area contributed by atoms with Gasteiger partial charge in [-0.15, -0.1) is 0 Å². The standard InChI is InChI=1S/C25H38O5.Na.H/c1-6-25(4,5)24(28)30-21-12-15(2)11-17-8-7-16(3)20(23(17)21)10-9-19-13-18(26)14-22(27)29-19;;/h7-8,11,15-16,18-21,23,26H,6,9-10,12-14H2,1-5H3;;/t15-,16-,18+,19-,20-,21-,23-;;/m1../s1. The summed E-state index contributed by atoms with van der Waals surface area (Å²) in [5, 5.41) is 9.92. The Morgan fingerprint density at radius 1 is 1.26 bits per heavy atom. The zero-order valence-corrected chi connectivity index (χ0v) is 19.1. The second-order valence-corrected chi connectivity index (χ2v) is 10.3. The second-order valence-electron chi connectivity index (χ2n) is 10.3. The molecule has 2 aliphatic carbocycles. The van der Waals surface area contributed by atoms with Crippen molar-refractivity contribution in [3.8, 4) is 0 Å². The van der Waals surface area contributed by atoms with E-state index in [1.807, 2.05) is 20.8 Å². The topological polar surface area (TPSA) is 72.8 Å². The van der Waals surface area contributed by atoms with Gasteiger partial charge in [0, 0.05) is 12.3 Å². The molecule has 3 rings (SSSR count). The van der Waals surface area contributed by atoms with Crippen LogP contribution in [0.25, 0.3) is 0 Å². The van der Waals surface area contributed by atoms with Crippen LogP contribution in [0.2, 0.25) is 0 Å². The van der Waals surface area contributed by atoms with Gasteiger partial charge in [-0.05, 0) is 62.9 Å². The molecule has 0 radical (unpaired) electrons. The first-order chi connectivity index (χ1) is 14.1. The van der Waals surface area contributed by atoms with E-state index in [2.05, 4.69) is 32.1 Å². The summed E-state index contributed by atoms with van der Waals surface area (Å²) in [7, 11) is 0. The van der Waals surface area contributed by atoms with Gasteiger partial charge in [0.15, 0.2) is 0 Å². The van der Waals surface area contributed by atoms with E-state index in [0.717, 1.165) is 25.7 Å². The summed E-state index contributed by atoms with van der Waals surface area (Å²) in [6.07, 6.45) is 9.61. The third kappa shape index (κ3) is 6.46. The van der Waals surface area contributed by atoms with Crippen molar-refractivity contribution in [2.75, 3.05) is 0 Å². The van der Waals surface area contributed by atoms with Crippen LogP contribution in [0.1, 0.15) is 73.1 Å². The minimum atomic E-state index is -0.601. The maximum absolute atomic E-state index is 12.9. The Balaban J connectivity index is 0.00000341. The van der Waals surface area contributed by atoms with Gasteiger partial charge < -0.3 is 14.6 Å². The van der Waals surface area contributed by atoms with Crippen molar-refractivity contribution in [2.24, 2.45) is 29.1 Å². The molecule has 7 atom stereocenters. The summed E-state index contributed by atoms with van der Waals surface area (Å²) in [4.78, 5) is 24.6. The van der Waals surface area contributed by atoms with Gasteiger partial charge in [0.1, 0.15) is 12.2 Å². The van der Waals surface area contributed by atoms with Gasteiger partial charge in [-0.25, -0.2) is 0 Å². The van der Waals surface area contributed by atoms with Crippen molar-refractivity contribution < 1.29 is 24.2 Å². The predicted octanol–water partition coefficient (Wildman–Crippen LogP) is 3.94. The molecule has 1 N–H and O–H groups in total. The Hall–Kier alpha value is -0.620. The van der Waals surface area contributed by atoms with Gasteiger partial charge in [0.25, 0.3) is 0 Å². The van der Waals surface area contributed by atoms with E-state index in [1.54, 1.807) is 0 Å². The van der Waals surface area contributed by atoms with Crippen LogP contribution in [-0.2, 0) is 19.1 Å². The van der Waals surface area contributed by atoms with Crippen LogP contribution in [0.3, 0.4) is 0 Å². The molecule has 0 bridgehead atoms. The SMILES string of the molecule is CCC(C)(C)C(=O)O[C@@H]1C[C@H](C)C=C2C=C[C@@H](C)[C@@H](CC[C@@H]3C[C@H](O)CC(=O)O3)[C@@H]21.[NaH]. The molecule has 0 aromatic rings. The molecule has 5 nitrogen and oxygen atoms in total. The second kappa shape index (κ2) is 11.0. The fourth-order valence-electron chi connectivity index (χ4n) is 5.08. The van der Waals surface area contributed by atoms with Gasteiger partial charge in [-0.2, -0.15) is 0 Å². The number of hydrogen-bond donors (Lipinski definition) is 1. The fourth-order valence-corrected chi connectivity index (χ4v) is 5.08. The molecule has 0 spiro atoms. The molecule has 1 heterocycles. The van der Waals surface area contributed by atoms with E-state index in [4.69, 9.17) is 9.47 Å². The summed E-state index contributed by atoms with van der Waals surface area (Å²) in [6, 6.07) is 0. The van der Waals surface area contributed by atoms with Crippen molar-refractivity contribution in [1.29, 1.82) is 0 Å². The summed E-state index contributed by atoms with van der Waals surface area (Å²) in [6.45, 7) is 10.3. The van der Waals surface area contributed by atoms with Gasteiger partial charge in [0.2, 0.25) is 0 Å². The predicted molar refractivity (Wildman–Crippen MR) is 123 cm³/mol. The number of aliphatic hydroxyl groups is 1. The molecule has 0 amide bonds. The van der Waals surface area contributed by atoms with Crippen LogP contribution < -0.4 is 0 Å². The Bertz CT molecular complexity index is 713. The van der Waals surface area contributed by atoms with E-state index >= 15 is 0 Å². The monoisotopic (exact) mass is 442 g/mol. The quantitative estimate of drug-likeness (QED) is 0.498. The molecule has 1 saturated heterocycles. The Morgan fingerprint density at radius 3 is 2.61 bits per heavy atom. The van der Waals surface area contributed by atoms with E-state index in [0.29, 0.717) is 24.2 Å². The summed E-state index contributed by atoms with van der Waals surface area (Å²) >= 11 is 0. The molecule has 0 aromatic carbocycles. The molecule has 1 aliphatic heterocycles. The number of cyclic esters (lactones) is 1. The van der Waals surface area contributed by atoms with Gasteiger partial charge in [-0.3, -0.25) is 9.59 Å². The number of carbonyl (C=O) groups excluding carboxylic acids is 2. The maximum atomic E-state index is 12.9. The average molecular weight is 443 g/mol. The minimum absolute atomic E-state index is 0. The van der Waals surface area contributed by atoms with E-state index in [9.17, 15) is 14.7 Å². The molecule has 0 saturated carbocycles.